The van der Waals surface area contributed by atoms with Crippen molar-refractivity contribution in [2.24, 2.45) is 0 Å². The first-order valence-corrected chi connectivity index (χ1v) is 10.7. The molecule has 0 atom stereocenters. The molecule has 0 saturated carbocycles. The minimum atomic E-state index is -0.420. The molecule has 1 aliphatic rings. The highest BCUT2D eigenvalue weighted by atomic mass is 19.1. The van der Waals surface area contributed by atoms with Crippen LogP contribution in [0.1, 0.15) is 55.1 Å². The predicted molar refractivity (Wildman–Crippen MR) is 119 cm³/mol. The van der Waals surface area contributed by atoms with Gasteiger partial charge in [0.15, 0.2) is 6.61 Å². The van der Waals surface area contributed by atoms with Crippen molar-refractivity contribution in [3.05, 3.63) is 65.0 Å². The molecule has 0 aromatic heterocycles. The molecule has 1 fully saturated rings. The normalized spacial score (nSPS) is 14.9. The van der Waals surface area contributed by atoms with Gasteiger partial charge in [-0.2, -0.15) is 0 Å². The molecule has 0 unspecified atom stereocenters. The fourth-order valence-electron chi connectivity index (χ4n) is 3.80. The third-order valence-electron chi connectivity index (χ3n) is 5.52. The first kappa shape index (κ1) is 22.8. The van der Waals surface area contributed by atoms with Gasteiger partial charge in [-0.05, 0) is 55.0 Å². The molecule has 2 amide bonds. The molecule has 3 rings (SSSR count). The number of carbonyl (C=O) groups is 2. The molecule has 0 aliphatic carbocycles. The zero-order valence-electron chi connectivity index (χ0n) is 18.7. The van der Waals surface area contributed by atoms with Gasteiger partial charge in [-0.1, -0.05) is 44.5 Å². The molecule has 5 nitrogen and oxygen atoms in total. The second-order valence-electron chi connectivity index (χ2n) is 9.18. The van der Waals surface area contributed by atoms with E-state index in [1.165, 1.54) is 18.2 Å². The van der Waals surface area contributed by atoms with Gasteiger partial charge < -0.3 is 15.0 Å². The van der Waals surface area contributed by atoms with Crippen molar-refractivity contribution in [3.8, 4) is 5.75 Å². The van der Waals surface area contributed by atoms with Crippen LogP contribution in [0.3, 0.4) is 0 Å². The molecule has 1 saturated heterocycles. The van der Waals surface area contributed by atoms with E-state index in [-0.39, 0.29) is 29.9 Å². The van der Waals surface area contributed by atoms with Crippen LogP contribution in [-0.2, 0) is 10.2 Å². The summed E-state index contributed by atoms with van der Waals surface area (Å²) in [6, 6.07) is 11.7. The Morgan fingerprint density at radius 3 is 2.48 bits per heavy atom. The molecule has 1 aliphatic heterocycles. The van der Waals surface area contributed by atoms with Gasteiger partial charge in [0.2, 0.25) is 0 Å². The summed E-state index contributed by atoms with van der Waals surface area (Å²) in [4.78, 5) is 26.7. The van der Waals surface area contributed by atoms with Gasteiger partial charge in [-0.3, -0.25) is 9.59 Å². The number of benzene rings is 2. The van der Waals surface area contributed by atoms with Crippen LogP contribution in [0, 0.1) is 12.7 Å². The Labute approximate surface area is 183 Å². The zero-order valence-corrected chi connectivity index (χ0v) is 18.7. The Balaban J connectivity index is 1.49. The third-order valence-corrected chi connectivity index (χ3v) is 5.52. The summed E-state index contributed by atoms with van der Waals surface area (Å²) in [5, 5.41) is 3.01. The monoisotopic (exact) mass is 426 g/mol. The maximum Gasteiger partial charge on any atom is 0.258 e. The number of ether oxygens (including phenoxy) is 1. The Kier molecular flexibility index (Phi) is 6.98. The molecular formula is C25H31FN2O3. The third kappa shape index (κ3) is 6.06. The van der Waals surface area contributed by atoms with Crippen LogP contribution in [0.2, 0.25) is 0 Å². The average molecular weight is 427 g/mol. The standard InChI is InChI=1S/C25H31FN2O3/c1-17-8-9-22(21(14-17)25(2,3)4)31-16-23(29)27-20-10-12-28(13-11-20)24(30)18-6-5-7-19(26)15-18/h5-9,14-15,20H,10-13,16H2,1-4H3,(H,27,29). The topological polar surface area (TPSA) is 58.6 Å². The number of piperidine rings is 1. The lowest BCUT2D eigenvalue weighted by Crippen LogP contribution is -2.47. The SMILES string of the molecule is Cc1ccc(OCC(=O)NC2CCN(C(=O)c3cccc(F)c3)CC2)c(C(C)(C)C)c1. The highest BCUT2D eigenvalue weighted by molar-refractivity contribution is 5.94. The van der Waals surface area contributed by atoms with Gasteiger partial charge in [0.05, 0.1) is 0 Å². The van der Waals surface area contributed by atoms with Crippen LogP contribution in [0.4, 0.5) is 4.39 Å². The highest BCUT2D eigenvalue weighted by Crippen LogP contribution is 2.32. The molecule has 1 heterocycles. The number of halogens is 1. The summed E-state index contributed by atoms with van der Waals surface area (Å²) in [6.07, 6.45) is 1.31. The van der Waals surface area contributed by atoms with E-state index >= 15 is 0 Å². The van der Waals surface area contributed by atoms with Gasteiger partial charge in [0.1, 0.15) is 11.6 Å². The van der Waals surface area contributed by atoms with Crippen molar-refractivity contribution in [1.82, 2.24) is 10.2 Å². The van der Waals surface area contributed by atoms with E-state index in [9.17, 15) is 14.0 Å². The second-order valence-corrected chi connectivity index (χ2v) is 9.18. The predicted octanol–water partition coefficient (Wildman–Crippen LogP) is 4.23. The Morgan fingerprint density at radius 2 is 1.84 bits per heavy atom. The average Bonchev–Trinajstić information content (AvgIpc) is 2.72. The van der Waals surface area contributed by atoms with Gasteiger partial charge in [-0.25, -0.2) is 4.39 Å². The Hall–Kier alpha value is -2.89. The van der Waals surface area contributed by atoms with E-state index in [1.54, 1.807) is 11.0 Å². The number of carbonyl (C=O) groups excluding carboxylic acids is 2. The molecule has 0 bridgehead atoms. The summed E-state index contributed by atoms with van der Waals surface area (Å²) in [5.74, 6) is -0.0445. The lowest BCUT2D eigenvalue weighted by Gasteiger charge is -2.32. The largest absolute Gasteiger partial charge is 0.483 e. The first-order chi connectivity index (χ1) is 14.6. The van der Waals surface area contributed by atoms with E-state index in [4.69, 9.17) is 4.74 Å². The summed E-state index contributed by atoms with van der Waals surface area (Å²) in [7, 11) is 0. The molecular weight excluding hydrogens is 395 g/mol. The summed E-state index contributed by atoms with van der Waals surface area (Å²) >= 11 is 0. The molecule has 166 valence electrons. The number of hydrogen-bond acceptors (Lipinski definition) is 3. The van der Waals surface area contributed by atoms with Crippen molar-refractivity contribution in [2.75, 3.05) is 19.7 Å². The quantitative estimate of drug-likeness (QED) is 0.778. The van der Waals surface area contributed by atoms with Crippen molar-refractivity contribution in [1.29, 1.82) is 0 Å². The maximum atomic E-state index is 13.4. The van der Waals surface area contributed by atoms with Crippen LogP contribution in [0.25, 0.3) is 0 Å². The lowest BCUT2D eigenvalue weighted by molar-refractivity contribution is -0.124. The number of rotatable bonds is 5. The second kappa shape index (κ2) is 9.50. The van der Waals surface area contributed by atoms with Crippen LogP contribution in [-0.4, -0.2) is 42.5 Å². The molecule has 2 aromatic rings. The molecule has 31 heavy (non-hydrogen) atoms. The fraction of sp³-hybridized carbons (Fsp3) is 0.440. The van der Waals surface area contributed by atoms with Gasteiger partial charge in [-0.15, -0.1) is 0 Å². The number of hydrogen-bond donors (Lipinski definition) is 1. The van der Waals surface area contributed by atoms with Crippen molar-refractivity contribution < 1.29 is 18.7 Å². The smallest absolute Gasteiger partial charge is 0.258 e. The van der Waals surface area contributed by atoms with Gasteiger partial charge >= 0.3 is 0 Å². The summed E-state index contributed by atoms with van der Waals surface area (Å²) in [5.41, 5.74) is 2.49. The number of aryl methyl sites for hydroxylation is 1. The van der Waals surface area contributed by atoms with E-state index in [0.29, 0.717) is 31.5 Å². The molecule has 6 heteroatoms. The summed E-state index contributed by atoms with van der Waals surface area (Å²) < 4.78 is 19.2. The van der Waals surface area contributed by atoms with Crippen molar-refractivity contribution in [3.63, 3.8) is 0 Å². The number of likely N-dealkylation sites (tertiary alicyclic amines) is 1. The van der Waals surface area contributed by atoms with E-state index in [2.05, 4.69) is 32.2 Å². The highest BCUT2D eigenvalue weighted by Gasteiger charge is 2.25. The van der Waals surface area contributed by atoms with E-state index in [0.717, 1.165) is 16.9 Å². The zero-order chi connectivity index (χ0) is 22.6. The fourth-order valence-corrected chi connectivity index (χ4v) is 3.80. The summed E-state index contributed by atoms with van der Waals surface area (Å²) in [6.45, 7) is 9.39. The molecule has 0 radical (unpaired) electrons. The van der Waals surface area contributed by atoms with Crippen molar-refractivity contribution >= 4 is 11.8 Å². The van der Waals surface area contributed by atoms with Crippen LogP contribution in [0.5, 0.6) is 5.75 Å². The molecule has 1 N–H and O–H groups in total. The number of nitrogens with zero attached hydrogens (tertiary/aromatic N) is 1. The Bertz CT molecular complexity index is 944. The van der Waals surface area contributed by atoms with E-state index in [1.807, 2.05) is 19.1 Å². The van der Waals surface area contributed by atoms with Gasteiger partial charge in [0.25, 0.3) is 11.8 Å². The van der Waals surface area contributed by atoms with Gasteiger partial charge in [0, 0.05) is 24.7 Å². The molecule has 2 aromatic carbocycles. The minimum absolute atomic E-state index is 0.00670. The molecule has 0 spiro atoms. The number of amides is 2. The van der Waals surface area contributed by atoms with Crippen molar-refractivity contribution in [2.45, 2.75) is 52.0 Å². The van der Waals surface area contributed by atoms with E-state index < -0.39 is 5.82 Å². The number of nitrogens with one attached hydrogen (secondary N) is 1. The maximum absolute atomic E-state index is 13.4. The Morgan fingerprint density at radius 1 is 1.13 bits per heavy atom. The lowest BCUT2D eigenvalue weighted by atomic mass is 9.85. The first-order valence-electron chi connectivity index (χ1n) is 10.7. The minimum Gasteiger partial charge on any atom is -0.483 e. The van der Waals surface area contributed by atoms with Crippen LogP contribution in [0.15, 0.2) is 42.5 Å². The van der Waals surface area contributed by atoms with Crippen LogP contribution < -0.4 is 10.1 Å². The van der Waals surface area contributed by atoms with Crippen LogP contribution >= 0.6 is 0 Å².